The van der Waals surface area contributed by atoms with E-state index in [1.54, 1.807) is 6.07 Å². The second-order valence-corrected chi connectivity index (χ2v) is 15.5. The summed E-state index contributed by atoms with van der Waals surface area (Å²) in [5.41, 5.74) is 3.14. The van der Waals surface area contributed by atoms with Crippen molar-refractivity contribution in [1.82, 2.24) is 14.7 Å². The van der Waals surface area contributed by atoms with Gasteiger partial charge in [-0.25, -0.2) is 9.18 Å². The molecule has 1 unspecified atom stereocenters. The summed E-state index contributed by atoms with van der Waals surface area (Å²) < 4.78 is 15.4. The summed E-state index contributed by atoms with van der Waals surface area (Å²) in [5.74, 6) is -0.504. The van der Waals surface area contributed by atoms with Crippen molar-refractivity contribution in [2.24, 2.45) is 5.41 Å². The van der Waals surface area contributed by atoms with E-state index < -0.39 is 16.7 Å². The van der Waals surface area contributed by atoms with Gasteiger partial charge in [-0.05, 0) is 55.2 Å². The average Bonchev–Trinajstić information content (AvgIpc) is 3.53. The van der Waals surface area contributed by atoms with E-state index in [-0.39, 0.29) is 41.5 Å². The van der Waals surface area contributed by atoms with Crippen molar-refractivity contribution in [2.75, 3.05) is 49.5 Å². The first kappa shape index (κ1) is 32.6. The van der Waals surface area contributed by atoms with E-state index in [9.17, 15) is 19.5 Å². The molecule has 0 aromatic heterocycles. The second kappa shape index (κ2) is 13.4. The van der Waals surface area contributed by atoms with Crippen LogP contribution in [0.5, 0.6) is 0 Å². The first-order chi connectivity index (χ1) is 22.0. The van der Waals surface area contributed by atoms with Crippen LogP contribution in [0.2, 0.25) is 0 Å². The van der Waals surface area contributed by atoms with E-state index in [4.69, 9.17) is 0 Å². The number of nitrogens with zero attached hydrogens (tertiary/aromatic N) is 4. The number of likely N-dealkylation sites (tertiary alicyclic amines) is 1. The van der Waals surface area contributed by atoms with Crippen molar-refractivity contribution in [2.45, 2.75) is 82.1 Å². The lowest BCUT2D eigenvalue weighted by Gasteiger charge is -2.38. The van der Waals surface area contributed by atoms with Gasteiger partial charge in [-0.2, -0.15) is 0 Å². The lowest BCUT2D eigenvalue weighted by molar-refractivity contribution is -0.137. The Kier molecular flexibility index (Phi) is 9.53. The van der Waals surface area contributed by atoms with Crippen molar-refractivity contribution in [3.63, 3.8) is 0 Å². The molecule has 2 aromatic rings. The molecule has 9 nitrogen and oxygen atoms in total. The highest BCUT2D eigenvalue weighted by Crippen LogP contribution is 2.48. The fourth-order valence-corrected chi connectivity index (χ4v) is 8.61. The molecule has 0 spiro atoms. The number of nitrogens with one attached hydrogen (secondary N) is 1. The number of rotatable bonds is 7. The van der Waals surface area contributed by atoms with Crippen LogP contribution in [-0.2, 0) is 16.0 Å². The van der Waals surface area contributed by atoms with Crippen LogP contribution < -0.4 is 10.2 Å². The number of hydrogen-bond donors (Lipinski definition) is 2. The Morgan fingerprint density at radius 3 is 2.50 bits per heavy atom. The third kappa shape index (κ3) is 7.00. The van der Waals surface area contributed by atoms with Crippen molar-refractivity contribution in [3.05, 3.63) is 59.4 Å². The molecule has 3 atom stereocenters. The molecular formula is C35H46FN5O4S. The Labute approximate surface area is 275 Å². The third-order valence-corrected chi connectivity index (χ3v) is 11.2. The molecule has 46 heavy (non-hydrogen) atoms. The fraction of sp³-hybridized carbons (Fsp3) is 0.571. The highest BCUT2D eigenvalue weighted by Gasteiger charge is 2.44. The number of carbonyl (C=O) groups is 3. The molecule has 4 heterocycles. The van der Waals surface area contributed by atoms with Crippen LogP contribution in [0.15, 0.2) is 42.5 Å². The number of para-hydroxylation sites is 2. The van der Waals surface area contributed by atoms with Crippen LogP contribution in [0.1, 0.15) is 69.4 Å². The number of fused-ring (bicyclic) bond motifs is 1. The molecule has 0 radical (unpaired) electrons. The van der Waals surface area contributed by atoms with E-state index in [2.05, 4.69) is 26.1 Å². The Balaban J connectivity index is 1.13. The number of halogens is 1. The Morgan fingerprint density at radius 1 is 1.02 bits per heavy atom. The molecule has 2 aromatic carbocycles. The van der Waals surface area contributed by atoms with E-state index >= 15 is 4.39 Å². The van der Waals surface area contributed by atoms with Gasteiger partial charge in [0.05, 0.1) is 17.0 Å². The second-order valence-electron chi connectivity index (χ2n) is 14.2. The molecule has 248 valence electrons. The van der Waals surface area contributed by atoms with Gasteiger partial charge in [0, 0.05) is 63.0 Å². The molecule has 3 saturated heterocycles. The summed E-state index contributed by atoms with van der Waals surface area (Å²) in [6.07, 6.45) is 3.08. The lowest BCUT2D eigenvalue weighted by atomic mass is 9.92. The largest absolute Gasteiger partial charge is 0.391 e. The average molecular weight is 652 g/mol. The molecule has 4 aliphatic rings. The maximum atomic E-state index is 15.4. The molecule has 6 rings (SSSR count). The third-order valence-electron chi connectivity index (χ3n) is 9.76. The van der Waals surface area contributed by atoms with Crippen molar-refractivity contribution < 1.29 is 23.9 Å². The first-order valence-corrected chi connectivity index (χ1v) is 17.5. The minimum Gasteiger partial charge on any atom is -0.391 e. The summed E-state index contributed by atoms with van der Waals surface area (Å²) in [4.78, 5) is 48.1. The number of β-amino-alcohol motifs (C(OH)–C–C–N with tert-alkyl or cyclic N) is 1. The van der Waals surface area contributed by atoms with Crippen LogP contribution in [0.3, 0.4) is 0 Å². The SMILES string of the molecule is CC(C)(C)CCN1C(=O)[C@H](CC(=O)N2CCC(N3CCc4ccccc4NC3=O)CC2)SC1c1cccc(F)c1N1CC[C@H](O)C1. The van der Waals surface area contributed by atoms with Crippen molar-refractivity contribution in [3.8, 4) is 0 Å². The number of carbonyl (C=O) groups excluding carboxylic acids is 3. The van der Waals surface area contributed by atoms with Gasteiger partial charge in [0.1, 0.15) is 11.2 Å². The van der Waals surface area contributed by atoms with Crippen LogP contribution >= 0.6 is 11.8 Å². The molecule has 11 heteroatoms. The number of benzene rings is 2. The van der Waals surface area contributed by atoms with E-state index in [0.717, 1.165) is 29.7 Å². The van der Waals surface area contributed by atoms with Crippen molar-refractivity contribution in [1.29, 1.82) is 0 Å². The van der Waals surface area contributed by atoms with Gasteiger partial charge >= 0.3 is 6.03 Å². The maximum absolute atomic E-state index is 15.4. The minimum absolute atomic E-state index is 0.00929. The van der Waals surface area contributed by atoms with Gasteiger partial charge in [-0.3, -0.25) is 9.59 Å². The number of amides is 4. The van der Waals surface area contributed by atoms with Crippen LogP contribution in [0, 0.1) is 11.2 Å². The quantitative estimate of drug-likeness (QED) is 0.425. The normalized spacial score (nSPS) is 24.3. The standard InChI is InChI=1S/C35H46FN5O4S/c1-35(2,3)15-20-41-32(44)29(46-33(41)26-8-6-9-27(36)31(26)39-18-14-25(42)22-39)21-30(43)38-16-12-24(13-17-38)40-19-11-23-7-4-5-10-28(23)37-34(40)45/h4-10,24-25,29,33,42H,11-22H2,1-3H3,(H,37,45)/t25-,29-,33?/m0/s1. The number of aliphatic hydroxyl groups excluding tert-OH is 1. The number of urea groups is 1. The topological polar surface area (TPSA) is 96.4 Å². The molecule has 0 bridgehead atoms. The molecular weight excluding hydrogens is 605 g/mol. The van der Waals surface area contributed by atoms with Gasteiger partial charge in [0.25, 0.3) is 0 Å². The van der Waals surface area contributed by atoms with Crippen LogP contribution in [0.25, 0.3) is 0 Å². The summed E-state index contributed by atoms with van der Waals surface area (Å²) in [6.45, 7) is 9.52. The summed E-state index contributed by atoms with van der Waals surface area (Å²) in [7, 11) is 0. The zero-order valence-corrected chi connectivity index (χ0v) is 27.9. The predicted octanol–water partition coefficient (Wildman–Crippen LogP) is 5.25. The summed E-state index contributed by atoms with van der Waals surface area (Å²) in [5, 5.41) is 12.3. The van der Waals surface area contributed by atoms with Crippen molar-refractivity contribution >= 4 is 41.0 Å². The van der Waals surface area contributed by atoms with Crippen LogP contribution in [0.4, 0.5) is 20.6 Å². The lowest BCUT2D eigenvalue weighted by Crippen LogP contribution is -2.50. The Bertz CT molecular complexity index is 1460. The van der Waals surface area contributed by atoms with E-state index in [1.165, 1.54) is 17.8 Å². The Morgan fingerprint density at radius 2 is 1.78 bits per heavy atom. The summed E-state index contributed by atoms with van der Waals surface area (Å²) in [6, 6.07) is 12.8. The molecule has 0 saturated carbocycles. The fourth-order valence-electron chi connectivity index (χ4n) is 7.11. The minimum atomic E-state index is -0.564. The first-order valence-electron chi connectivity index (χ1n) is 16.6. The van der Waals surface area contributed by atoms with E-state index in [1.807, 2.05) is 49.9 Å². The summed E-state index contributed by atoms with van der Waals surface area (Å²) >= 11 is 1.44. The highest BCUT2D eigenvalue weighted by atomic mass is 32.2. The molecule has 2 N–H and O–H groups in total. The number of aliphatic hydroxyl groups is 1. The monoisotopic (exact) mass is 651 g/mol. The number of piperidine rings is 1. The highest BCUT2D eigenvalue weighted by molar-refractivity contribution is 8.01. The predicted molar refractivity (Wildman–Crippen MR) is 179 cm³/mol. The van der Waals surface area contributed by atoms with Gasteiger partial charge in [0.15, 0.2) is 0 Å². The van der Waals surface area contributed by atoms with Gasteiger partial charge in [-0.1, -0.05) is 51.1 Å². The molecule has 4 amide bonds. The number of anilines is 2. The van der Waals surface area contributed by atoms with Gasteiger partial charge in [0.2, 0.25) is 11.8 Å². The Hall–Kier alpha value is -3.31. The molecule has 0 aliphatic carbocycles. The van der Waals surface area contributed by atoms with E-state index in [0.29, 0.717) is 64.2 Å². The number of hydrogen-bond acceptors (Lipinski definition) is 6. The van der Waals surface area contributed by atoms with Gasteiger partial charge < -0.3 is 30.0 Å². The molecule has 3 fully saturated rings. The smallest absolute Gasteiger partial charge is 0.322 e. The molecule has 4 aliphatic heterocycles. The maximum Gasteiger partial charge on any atom is 0.322 e. The zero-order valence-electron chi connectivity index (χ0n) is 27.1. The van der Waals surface area contributed by atoms with Gasteiger partial charge in [-0.15, -0.1) is 11.8 Å². The van der Waals surface area contributed by atoms with Crippen LogP contribution in [-0.4, -0.2) is 94.3 Å². The number of thioether (sulfide) groups is 1. The zero-order chi connectivity index (χ0) is 32.6.